The van der Waals surface area contributed by atoms with Gasteiger partial charge in [0.2, 0.25) is 11.8 Å². The van der Waals surface area contributed by atoms with Crippen molar-refractivity contribution in [1.29, 1.82) is 0 Å². The number of fused-ring (bicyclic) bond motifs is 4. The number of anilines is 3. The number of alkyl halides is 3. The zero-order valence-electron chi connectivity index (χ0n) is 22.4. The summed E-state index contributed by atoms with van der Waals surface area (Å²) in [5.41, 5.74) is 0.0231. The number of halogens is 3. The molecule has 3 aliphatic heterocycles. The first kappa shape index (κ1) is 27.1. The summed E-state index contributed by atoms with van der Waals surface area (Å²) in [6, 6.07) is 5.66. The summed E-state index contributed by atoms with van der Waals surface area (Å²) in [5.74, 6) is 0.00283. The molecule has 1 N–H and O–H groups in total. The molecule has 0 saturated carbocycles. The minimum atomic E-state index is -4.51. The first-order valence-electron chi connectivity index (χ1n) is 13.2. The highest BCUT2D eigenvalue weighted by atomic mass is 19.4. The quantitative estimate of drug-likeness (QED) is 0.473. The van der Waals surface area contributed by atoms with Crippen LogP contribution in [0.1, 0.15) is 32.3 Å². The molecular formula is C27H28F3N7O4. The molecule has 2 amide bonds. The molecule has 0 spiro atoms. The largest absolute Gasteiger partial charge is 0.475 e. The molecule has 6 rings (SSSR count). The van der Waals surface area contributed by atoms with Gasteiger partial charge in [-0.25, -0.2) is 19.7 Å². The Bertz CT molecular complexity index is 1450. The Labute approximate surface area is 233 Å². The summed E-state index contributed by atoms with van der Waals surface area (Å²) >= 11 is 0. The highest BCUT2D eigenvalue weighted by Crippen LogP contribution is 2.39. The SMILES string of the molecule is CC1(C)OC[C@@H](COc2ccnc(NC(=O)N3c4nc(-c5cccc(C(F)(F)F)c5)ncc4N4CCC[C@H]3C4)n2)O1. The predicted molar refractivity (Wildman–Crippen MR) is 142 cm³/mol. The number of piperidine rings is 1. The van der Waals surface area contributed by atoms with Crippen molar-refractivity contribution in [2.75, 3.05) is 41.4 Å². The van der Waals surface area contributed by atoms with Crippen molar-refractivity contribution in [2.24, 2.45) is 0 Å². The number of hydrogen-bond donors (Lipinski definition) is 1. The first-order chi connectivity index (χ1) is 19.6. The highest BCUT2D eigenvalue weighted by molar-refractivity contribution is 6.03. The maximum Gasteiger partial charge on any atom is 0.416 e. The third-order valence-corrected chi connectivity index (χ3v) is 7.08. The Morgan fingerprint density at radius 1 is 1.22 bits per heavy atom. The Hall–Kier alpha value is -4.04. The van der Waals surface area contributed by atoms with Crippen LogP contribution in [-0.2, 0) is 15.7 Å². The van der Waals surface area contributed by atoms with Crippen molar-refractivity contribution < 1.29 is 32.2 Å². The van der Waals surface area contributed by atoms with Gasteiger partial charge in [-0.05, 0) is 38.8 Å². The molecule has 2 saturated heterocycles. The average Bonchev–Trinajstić information content (AvgIpc) is 3.30. The van der Waals surface area contributed by atoms with E-state index in [-0.39, 0.29) is 42.0 Å². The minimum Gasteiger partial charge on any atom is -0.475 e. The van der Waals surface area contributed by atoms with E-state index in [4.69, 9.17) is 14.2 Å². The molecule has 41 heavy (non-hydrogen) atoms. The Kier molecular flexibility index (Phi) is 6.90. The van der Waals surface area contributed by atoms with E-state index in [0.29, 0.717) is 24.7 Å². The number of nitrogens with zero attached hydrogens (tertiary/aromatic N) is 6. The molecule has 3 aliphatic rings. The van der Waals surface area contributed by atoms with Gasteiger partial charge in [0.15, 0.2) is 17.4 Å². The van der Waals surface area contributed by atoms with E-state index in [1.165, 1.54) is 23.2 Å². The van der Waals surface area contributed by atoms with E-state index in [2.05, 4.69) is 30.2 Å². The van der Waals surface area contributed by atoms with E-state index in [1.54, 1.807) is 12.3 Å². The lowest BCUT2D eigenvalue weighted by atomic mass is 10.0. The molecule has 3 aromatic rings. The molecule has 14 heteroatoms. The fourth-order valence-electron chi connectivity index (χ4n) is 5.22. The molecule has 1 aromatic carbocycles. The Balaban J connectivity index is 1.24. The topological polar surface area (TPSA) is 115 Å². The third kappa shape index (κ3) is 5.75. The van der Waals surface area contributed by atoms with Gasteiger partial charge in [0.25, 0.3) is 0 Å². The van der Waals surface area contributed by atoms with Gasteiger partial charge in [-0.2, -0.15) is 18.2 Å². The van der Waals surface area contributed by atoms with Crippen LogP contribution in [0.4, 0.5) is 35.4 Å². The van der Waals surface area contributed by atoms with Gasteiger partial charge in [-0.3, -0.25) is 10.2 Å². The maximum atomic E-state index is 13.6. The summed E-state index contributed by atoms with van der Waals surface area (Å²) in [7, 11) is 0. The summed E-state index contributed by atoms with van der Waals surface area (Å²) in [6.45, 7) is 5.59. The smallest absolute Gasteiger partial charge is 0.416 e. The molecule has 11 nitrogen and oxygen atoms in total. The number of benzene rings is 1. The second-order valence-corrected chi connectivity index (χ2v) is 10.5. The van der Waals surface area contributed by atoms with Gasteiger partial charge in [0.05, 0.1) is 30.1 Å². The standard InChI is InChI=1S/C27H28F3N7O4/c1-26(2)40-15-19(41-26)14-39-21-8-9-31-24(33-21)35-25(38)37-18-7-4-10-36(13-18)20-12-32-22(34-23(20)37)16-5-3-6-17(11-16)27(28,29)30/h3,5-6,8-9,11-12,18-19H,4,7,10,13-15H2,1-2H3,(H,31,33,35,38)/t18-,19+/m0/s1. The molecule has 2 aromatic heterocycles. The maximum absolute atomic E-state index is 13.6. The van der Waals surface area contributed by atoms with Crippen LogP contribution >= 0.6 is 0 Å². The number of nitrogens with one attached hydrogen (secondary N) is 1. The van der Waals surface area contributed by atoms with Crippen LogP contribution in [-0.4, -0.2) is 70.2 Å². The van der Waals surface area contributed by atoms with E-state index < -0.39 is 23.6 Å². The van der Waals surface area contributed by atoms with Crippen molar-refractivity contribution in [3.05, 3.63) is 48.3 Å². The molecule has 2 atom stereocenters. The molecule has 2 bridgehead atoms. The molecule has 0 radical (unpaired) electrons. The molecule has 0 aliphatic carbocycles. The van der Waals surface area contributed by atoms with Crippen molar-refractivity contribution in [3.63, 3.8) is 0 Å². The predicted octanol–water partition coefficient (Wildman–Crippen LogP) is 4.50. The monoisotopic (exact) mass is 571 g/mol. The van der Waals surface area contributed by atoms with Gasteiger partial charge in [-0.15, -0.1) is 0 Å². The third-order valence-electron chi connectivity index (χ3n) is 7.08. The fraction of sp³-hybridized carbons (Fsp3) is 0.444. The Morgan fingerprint density at radius 3 is 2.85 bits per heavy atom. The lowest BCUT2D eigenvalue weighted by Crippen LogP contribution is -2.56. The zero-order chi connectivity index (χ0) is 28.8. The van der Waals surface area contributed by atoms with Crippen LogP contribution in [0.3, 0.4) is 0 Å². The van der Waals surface area contributed by atoms with Gasteiger partial charge < -0.3 is 19.1 Å². The summed E-state index contributed by atoms with van der Waals surface area (Å²) < 4.78 is 57.0. The van der Waals surface area contributed by atoms with Crippen molar-refractivity contribution in [3.8, 4) is 17.3 Å². The van der Waals surface area contributed by atoms with Crippen LogP contribution in [0, 0.1) is 0 Å². The number of carbonyl (C=O) groups is 1. The molecule has 216 valence electrons. The van der Waals surface area contributed by atoms with Gasteiger partial charge >= 0.3 is 12.2 Å². The fourth-order valence-corrected chi connectivity index (χ4v) is 5.22. The molecule has 5 heterocycles. The Morgan fingerprint density at radius 2 is 2.07 bits per heavy atom. The van der Waals surface area contributed by atoms with Crippen LogP contribution in [0.5, 0.6) is 5.88 Å². The van der Waals surface area contributed by atoms with Gasteiger partial charge in [0, 0.05) is 30.9 Å². The van der Waals surface area contributed by atoms with Gasteiger partial charge in [0.1, 0.15) is 12.7 Å². The summed E-state index contributed by atoms with van der Waals surface area (Å²) in [4.78, 5) is 34.6. The zero-order valence-corrected chi connectivity index (χ0v) is 22.4. The van der Waals surface area contributed by atoms with E-state index in [0.717, 1.165) is 31.5 Å². The van der Waals surface area contributed by atoms with E-state index in [9.17, 15) is 18.0 Å². The number of amides is 2. The number of urea groups is 1. The average molecular weight is 572 g/mol. The van der Waals surface area contributed by atoms with Crippen LogP contribution in [0.15, 0.2) is 42.7 Å². The molecular weight excluding hydrogens is 543 g/mol. The van der Waals surface area contributed by atoms with Gasteiger partial charge in [-0.1, -0.05) is 12.1 Å². The van der Waals surface area contributed by atoms with Crippen molar-refractivity contribution in [1.82, 2.24) is 19.9 Å². The number of ether oxygens (including phenoxy) is 3. The number of aromatic nitrogens is 4. The van der Waals surface area contributed by atoms with Crippen LogP contribution in [0.25, 0.3) is 11.4 Å². The number of hydrogen-bond acceptors (Lipinski definition) is 9. The summed E-state index contributed by atoms with van der Waals surface area (Å²) in [6.07, 6.45) is -0.160. The number of rotatable bonds is 5. The highest BCUT2D eigenvalue weighted by Gasteiger charge is 2.39. The number of carbonyl (C=O) groups excluding carboxylic acids is 1. The van der Waals surface area contributed by atoms with Crippen molar-refractivity contribution in [2.45, 2.75) is 50.8 Å². The second-order valence-electron chi connectivity index (χ2n) is 10.5. The molecule has 0 unspecified atom stereocenters. The minimum absolute atomic E-state index is 0.0309. The molecule has 2 fully saturated rings. The normalized spacial score (nSPS) is 21.4. The van der Waals surface area contributed by atoms with Crippen molar-refractivity contribution >= 4 is 23.5 Å². The van der Waals surface area contributed by atoms with Crippen LogP contribution in [0.2, 0.25) is 0 Å². The van der Waals surface area contributed by atoms with Crippen LogP contribution < -0.4 is 19.9 Å². The lowest BCUT2D eigenvalue weighted by molar-refractivity contribution is -0.141. The first-order valence-corrected chi connectivity index (χ1v) is 13.2. The second kappa shape index (κ2) is 10.4. The lowest BCUT2D eigenvalue weighted by Gasteiger charge is -2.45. The van der Waals surface area contributed by atoms with E-state index >= 15 is 0 Å². The summed E-state index contributed by atoms with van der Waals surface area (Å²) in [5, 5.41) is 2.73. The van der Waals surface area contributed by atoms with E-state index in [1.807, 2.05) is 13.8 Å².